The molecule has 0 N–H and O–H groups in total. The van der Waals surface area contributed by atoms with E-state index in [4.69, 9.17) is 9.47 Å². The fourth-order valence-corrected chi connectivity index (χ4v) is 1.50. The van der Waals surface area contributed by atoms with E-state index in [1.165, 1.54) is 0 Å². The first-order valence-electron chi connectivity index (χ1n) is 6.65. The van der Waals surface area contributed by atoms with Gasteiger partial charge in [-0.25, -0.2) is 4.79 Å². The minimum Gasteiger partial charge on any atom is -0.493 e. The normalized spacial score (nSPS) is 10.0. The van der Waals surface area contributed by atoms with Gasteiger partial charge in [0.05, 0.1) is 6.61 Å². The quantitative estimate of drug-likeness (QED) is 0.430. The third kappa shape index (κ3) is 5.12. The molecular formula is C15H20O4. The Kier molecular flexibility index (Phi) is 6.64. The minimum absolute atomic E-state index is 0.241. The molecule has 19 heavy (non-hydrogen) atoms. The summed E-state index contributed by atoms with van der Waals surface area (Å²) in [6.45, 7) is 4.46. The molecule has 0 amide bonds. The van der Waals surface area contributed by atoms with E-state index in [2.05, 4.69) is 6.92 Å². The maximum atomic E-state index is 11.9. The van der Waals surface area contributed by atoms with Crippen molar-refractivity contribution in [3.63, 3.8) is 0 Å². The van der Waals surface area contributed by atoms with Crippen LogP contribution in [0.3, 0.4) is 0 Å². The molecule has 0 atom stereocenters. The zero-order valence-corrected chi connectivity index (χ0v) is 11.5. The third-order valence-electron chi connectivity index (χ3n) is 2.52. The van der Waals surface area contributed by atoms with Crippen LogP contribution in [-0.2, 0) is 9.53 Å². The standard InChI is InChI=1S/C15H20O4/c1-3-5-11-18-13-10-7-6-9-12(13)15(17)19-14(16)8-4-2/h6-7,9-10H,3-5,8,11H2,1-2H3. The number of rotatable bonds is 7. The van der Waals surface area contributed by atoms with E-state index < -0.39 is 11.9 Å². The molecule has 1 aromatic rings. The van der Waals surface area contributed by atoms with Gasteiger partial charge in [-0.05, 0) is 25.0 Å². The number of carbonyl (C=O) groups is 2. The van der Waals surface area contributed by atoms with E-state index in [0.29, 0.717) is 24.3 Å². The highest BCUT2D eigenvalue weighted by Crippen LogP contribution is 2.19. The van der Waals surface area contributed by atoms with Crippen LogP contribution in [0.15, 0.2) is 24.3 Å². The van der Waals surface area contributed by atoms with Gasteiger partial charge in [0.25, 0.3) is 0 Å². The first-order valence-corrected chi connectivity index (χ1v) is 6.65. The fourth-order valence-electron chi connectivity index (χ4n) is 1.50. The number of ether oxygens (including phenoxy) is 2. The Labute approximate surface area is 113 Å². The number of carbonyl (C=O) groups excluding carboxylic acids is 2. The van der Waals surface area contributed by atoms with Crippen molar-refractivity contribution in [2.24, 2.45) is 0 Å². The minimum atomic E-state index is -0.648. The van der Waals surface area contributed by atoms with E-state index in [1.54, 1.807) is 24.3 Å². The molecule has 0 aliphatic heterocycles. The highest BCUT2D eigenvalue weighted by Gasteiger charge is 2.16. The second-order valence-electron chi connectivity index (χ2n) is 4.21. The Bertz CT molecular complexity index is 426. The number of hydrogen-bond donors (Lipinski definition) is 0. The van der Waals surface area contributed by atoms with E-state index in [1.807, 2.05) is 6.92 Å². The van der Waals surface area contributed by atoms with E-state index in [9.17, 15) is 9.59 Å². The number of esters is 2. The molecule has 0 radical (unpaired) electrons. The van der Waals surface area contributed by atoms with Crippen molar-refractivity contribution >= 4 is 11.9 Å². The van der Waals surface area contributed by atoms with Crippen molar-refractivity contribution in [1.82, 2.24) is 0 Å². The number of benzene rings is 1. The summed E-state index contributed by atoms with van der Waals surface area (Å²) in [6, 6.07) is 6.80. The Hall–Kier alpha value is -1.84. The maximum absolute atomic E-state index is 11.9. The topological polar surface area (TPSA) is 52.6 Å². The summed E-state index contributed by atoms with van der Waals surface area (Å²) in [4.78, 5) is 23.2. The predicted octanol–water partition coefficient (Wildman–Crippen LogP) is 3.35. The lowest BCUT2D eigenvalue weighted by Gasteiger charge is -2.10. The van der Waals surface area contributed by atoms with Crippen molar-refractivity contribution in [2.75, 3.05) is 6.61 Å². The molecule has 1 rings (SSSR count). The highest BCUT2D eigenvalue weighted by molar-refractivity contribution is 5.98. The molecule has 0 heterocycles. The summed E-state index contributed by atoms with van der Waals surface area (Å²) in [6.07, 6.45) is 2.82. The second kappa shape index (κ2) is 8.29. The van der Waals surface area contributed by atoms with Crippen LogP contribution in [0, 0.1) is 0 Å². The summed E-state index contributed by atoms with van der Waals surface area (Å²) in [7, 11) is 0. The molecular weight excluding hydrogens is 244 g/mol. The first-order chi connectivity index (χ1) is 9.19. The molecule has 0 fully saturated rings. The van der Waals surface area contributed by atoms with Crippen LogP contribution >= 0.6 is 0 Å². The van der Waals surface area contributed by atoms with Gasteiger partial charge < -0.3 is 9.47 Å². The molecule has 104 valence electrons. The van der Waals surface area contributed by atoms with Crippen LogP contribution in [0.25, 0.3) is 0 Å². The van der Waals surface area contributed by atoms with Gasteiger partial charge in [0.15, 0.2) is 0 Å². The van der Waals surface area contributed by atoms with Crippen molar-refractivity contribution < 1.29 is 19.1 Å². The molecule has 1 aromatic carbocycles. The Morgan fingerprint density at radius 3 is 2.53 bits per heavy atom. The Morgan fingerprint density at radius 1 is 1.11 bits per heavy atom. The van der Waals surface area contributed by atoms with Crippen molar-refractivity contribution in [3.8, 4) is 5.75 Å². The largest absolute Gasteiger partial charge is 0.493 e. The number of unbranched alkanes of at least 4 members (excludes halogenated alkanes) is 1. The summed E-state index contributed by atoms with van der Waals surface area (Å²) < 4.78 is 10.3. The van der Waals surface area contributed by atoms with Gasteiger partial charge in [-0.1, -0.05) is 32.4 Å². The van der Waals surface area contributed by atoms with Crippen LogP contribution < -0.4 is 4.74 Å². The van der Waals surface area contributed by atoms with Gasteiger partial charge in [0.2, 0.25) is 0 Å². The molecule has 0 aromatic heterocycles. The monoisotopic (exact) mass is 264 g/mol. The van der Waals surface area contributed by atoms with Gasteiger partial charge in [0, 0.05) is 6.42 Å². The van der Waals surface area contributed by atoms with E-state index in [0.717, 1.165) is 12.8 Å². The first kappa shape index (κ1) is 15.2. The molecule has 0 unspecified atom stereocenters. The van der Waals surface area contributed by atoms with Crippen molar-refractivity contribution in [3.05, 3.63) is 29.8 Å². The number of hydrogen-bond acceptors (Lipinski definition) is 4. The van der Waals surface area contributed by atoms with Crippen LogP contribution in [0.2, 0.25) is 0 Å². The van der Waals surface area contributed by atoms with Crippen molar-refractivity contribution in [1.29, 1.82) is 0 Å². The Morgan fingerprint density at radius 2 is 1.84 bits per heavy atom. The van der Waals surface area contributed by atoms with Crippen molar-refractivity contribution in [2.45, 2.75) is 39.5 Å². The van der Waals surface area contributed by atoms with Gasteiger partial charge in [-0.3, -0.25) is 4.79 Å². The lowest BCUT2D eigenvalue weighted by Crippen LogP contribution is -2.13. The molecule has 0 saturated heterocycles. The van der Waals surface area contributed by atoms with E-state index in [-0.39, 0.29) is 6.42 Å². The summed E-state index contributed by atoms with van der Waals surface area (Å²) >= 11 is 0. The smallest absolute Gasteiger partial charge is 0.349 e. The van der Waals surface area contributed by atoms with Crippen LogP contribution in [0.5, 0.6) is 5.75 Å². The van der Waals surface area contributed by atoms with Gasteiger partial charge >= 0.3 is 11.9 Å². The SMILES string of the molecule is CCCCOc1ccccc1C(=O)OC(=O)CCC. The lowest BCUT2D eigenvalue weighted by molar-refractivity contribution is -0.137. The van der Waals surface area contributed by atoms with Crippen LogP contribution in [-0.4, -0.2) is 18.5 Å². The zero-order valence-electron chi connectivity index (χ0n) is 11.5. The molecule has 0 bridgehead atoms. The molecule has 4 nitrogen and oxygen atoms in total. The maximum Gasteiger partial charge on any atom is 0.349 e. The highest BCUT2D eigenvalue weighted by atomic mass is 16.6. The van der Waals surface area contributed by atoms with E-state index >= 15 is 0 Å². The van der Waals surface area contributed by atoms with Gasteiger partial charge in [0.1, 0.15) is 11.3 Å². The third-order valence-corrected chi connectivity index (χ3v) is 2.52. The molecule has 0 aliphatic rings. The number of para-hydroxylation sites is 1. The zero-order chi connectivity index (χ0) is 14.1. The average molecular weight is 264 g/mol. The molecule has 0 aliphatic carbocycles. The summed E-state index contributed by atoms with van der Waals surface area (Å²) in [5.74, 6) is -0.688. The summed E-state index contributed by atoms with van der Waals surface area (Å²) in [5.41, 5.74) is 0.294. The molecule has 4 heteroatoms. The van der Waals surface area contributed by atoms with Crippen LogP contribution in [0.1, 0.15) is 49.9 Å². The molecule has 0 spiro atoms. The molecule has 0 saturated carbocycles. The van der Waals surface area contributed by atoms with Crippen LogP contribution in [0.4, 0.5) is 0 Å². The van der Waals surface area contributed by atoms with Gasteiger partial charge in [-0.15, -0.1) is 0 Å². The summed E-state index contributed by atoms with van der Waals surface area (Å²) in [5, 5.41) is 0. The average Bonchev–Trinajstić information content (AvgIpc) is 2.39. The fraction of sp³-hybridized carbons (Fsp3) is 0.467. The van der Waals surface area contributed by atoms with Gasteiger partial charge in [-0.2, -0.15) is 0 Å². The predicted molar refractivity (Wildman–Crippen MR) is 72.2 cm³/mol. The second-order valence-corrected chi connectivity index (χ2v) is 4.21. The lowest BCUT2D eigenvalue weighted by atomic mass is 10.2. The Balaban J connectivity index is 2.70.